The van der Waals surface area contributed by atoms with Crippen LogP contribution < -0.4 is 0 Å². The summed E-state index contributed by atoms with van der Waals surface area (Å²) in [5.74, 6) is -6.27. The highest BCUT2D eigenvalue weighted by Crippen LogP contribution is 2.70. The highest BCUT2D eigenvalue weighted by atomic mass is 19.4. The lowest BCUT2D eigenvalue weighted by atomic mass is 9.50. The fourth-order valence-electron chi connectivity index (χ4n) is 9.34. The van der Waals surface area contributed by atoms with E-state index in [1.165, 1.54) is 6.92 Å². The number of aliphatic hydroxyl groups is 1. The molecule has 6 rings (SSSR count). The average Bonchev–Trinajstić information content (AvgIpc) is 3.27. The first-order valence-corrected chi connectivity index (χ1v) is 16.5. The maximum absolute atomic E-state index is 15.2. The number of ketones is 1. The van der Waals surface area contributed by atoms with Crippen LogP contribution in [0.1, 0.15) is 68.9 Å². The zero-order chi connectivity index (χ0) is 32.4. The number of carbonyl (C=O) groups excluding carboxylic acids is 1. The molecule has 4 aliphatic carbocycles. The molecule has 0 aromatic heterocycles. The lowest BCUT2D eigenvalue weighted by Gasteiger charge is -2.56. The Bertz CT molecular complexity index is 1350. The van der Waals surface area contributed by atoms with Crippen molar-refractivity contribution in [3.63, 3.8) is 0 Å². The molecule has 0 radical (unpaired) electrons. The number of likely N-dealkylation sites (N-methyl/N-ethyl adjacent to an activating group) is 1. The van der Waals surface area contributed by atoms with E-state index < -0.39 is 41.4 Å². The highest BCUT2D eigenvalue weighted by molar-refractivity contribution is 5.93. The molecule has 2 saturated carbocycles. The third kappa shape index (κ3) is 5.61. The number of allylic oxidation sites excluding steroid dienone is 4. The van der Waals surface area contributed by atoms with Crippen molar-refractivity contribution in [3.8, 4) is 0 Å². The Morgan fingerprint density at radius 2 is 1.62 bits per heavy atom. The predicted molar refractivity (Wildman–Crippen MR) is 163 cm³/mol. The molecule has 0 spiro atoms. The molecule has 5 aliphatic rings. The molecule has 45 heavy (non-hydrogen) atoms. The van der Waals surface area contributed by atoms with Crippen LogP contribution in [0.5, 0.6) is 0 Å². The molecule has 5 atom stereocenters. The number of piperazine rings is 1. The van der Waals surface area contributed by atoms with Crippen LogP contribution in [0.25, 0.3) is 0 Å². The van der Waals surface area contributed by atoms with Gasteiger partial charge in [-0.3, -0.25) is 14.6 Å². The van der Waals surface area contributed by atoms with Gasteiger partial charge in [0.2, 0.25) is 0 Å². The number of fused-ring (bicyclic) bond motifs is 4. The van der Waals surface area contributed by atoms with E-state index >= 15 is 8.78 Å². The predicted octanol–water partition coefficient (Wildman–Crippen LogP) is 6.19. The Morgan fingerprint density at radius 1 is 0.956 bits per heavy atom. The minimum Gasteiger partial charge on any atom is -0.383 e. The fourth-order valence-corrected chi connectivity index (χ4v) is 9.34. The minimum atomic E-state index is -5.85. The second-order valence-electron chi connectivity index (χ2n) is 14.6. The van der Waals surface area contributed by atoms with Crippen LogP contribution in [-0.4, -0.2) is 96.7 Å². The van der Waals surface area contributed by atoms with Crippen LogP contribution in [0.15, 0.2) is 47.1 Å². The lowest BCUT2D eigenvalue weighted by molar-refractivity contribution is -0.362. The molecule has 1 aromatic rings. The number of benzene rings is 1. The van der Waals surface area contributed by atoms with Gasteiger partial charge in [-0.1, -0.05) is 36.8 Å². The summed E-state index contributed by atoms with van der Waals surface area (Å²) < 4.78 is 72.0. The number of rotatable bonds is 7. The van der Waals surface area contributed by atoms with Crippen molar-refractivity contribution in [1.29, 1.82) is 0 Å². The zero-order valence-electron chi connectivity index (χ0n) is 26.6. The van der Waals surface area contributed by atoms with Crippen LogP contribution in [-0.2, 0) is 11.3 Å². The molecule has 10 heteroatoms. The lowest BCUT2D eigenvalue weighted by Crippen LogP contribution is -2.65. The molecule has 0 bridgehead atoms. The van der Waals surface area contributed by atoms with Gasteiger partial charge in [0, 0.05) is 63.6 Å². The molecular formula is C35H46F5N3O2. The van der Waals surface area contributed by atoms with Gasteiger partial charge in [-0.05, 0) is 92.8 Å². The average molecular weight is 636 g/mol. The minimum absolute atomic E-state index is 0.00461. The largest absolute Gasteiger partial charge is 0.456 e. The van der Waals surface area contributed by atoms with E-state index in [0.29, 0.717) is 25.7 Å². The Balaban J connectivity index is 1.30. The van der Waals surface area contributed by atoms with Gasteiger partial charge in [-0.25, -0.2) is 0 Å². The SMILES string of the molecule is CN(C)CCN1CCN(Cc2ccc([C@H]3C[C@@]4(C)[C@@H](CC[C@@]4(O)C(F)(F)C(F)(F)F)[C@@H]4CCC5=CC(=O)CCC5=C43)cc2)CC1. The van der Waals surface area contributed by atoms with Crippen LogP contribution in [0.3, 0.4) is 0 Å². The van der Waals surface area contributed by atoms with Gasteiger partial charge in [0.25, 0.3) is 0 Å². The van der Waals surface area contributed by atoms with Crippen molar-refractivity contribution in [3.05, 3.63) is 58.2 Å². The van der Waals surface area contributed by atoms with E-state index in [1.54, 1.807) is 6.08 Å². The number of carbonyl (C=O) groups is 1. The highest BCUT2D eigenvalue weighted by Gasteiger charge is 2.79. The second-order valence-corrected chi connectivity index (χ2v) is 14.6. The van der Waals surface area contributed by atoms with E-state index in [4.69, 9.17) is 0 Å². The van der Waals surface area contributed by atoms with Crippen molar-refractivity contribution in [2.45, 2.75) is 82.0 Å². The molecule has 0 unspecified atom stereocenters. The Labute approximate surface area is 263 Å². The van der Waals surface area contributed by atoms with Crippen molar-refractivity contribution < 1.29 is 31.9 Å². The monoisotopic (exact) mass is 635 g/mol. The molecule has 1 saturated heterocycles. The molecule has 1 aliphatic heterocycles. The quantitative estimate of drug-likeness (QED) is 0.362. The molecule has 1 aromatic carbocycles. The van der Waals surface area contributed by atoms with E-state index in [2.05, 4.69) is 40.9 Å². The first-order chi connectivity index (χ1) is 21.1. The Kier molecular flexibility index (Phi) is 8.62. The summed E-state index contributed by atoms with van der Waals surface area (Å²) in [4.78, 5) is 19.4. The summed E-state index contributed by atoms with van der Waals surface area (Å²) in [6.45, 7) is 8.29. The van der Waals surface area contributed by atoms with E-state index in [9.17, 15) is 23.1 Å². The van der Waals surface area contributed by atoms with Crippen LogP contribution in [0, 0.1) is 17.3 Å². The van der Waals surface area contributed by atoms with Gasteiger partial charge in [-0.15, -0.1) is 0 Å². The first kappa shape index (κ1) is 32.8. The molecule has 1 N–H and O–H groups in total. The smallest absolute Gasteiger partial charge is 0.383 e. The number of nitrogens with zero attached hydrogens (tertiary/aromatic N) is 3. The Morgan fingerprint density at radius 3 is 2.27 bits per heavy atom. The maximum Gasteiger partial charge on any atom is 0.456 e. The van der Waals surface area contributed by atoms with Gasteiger partial charge in [0.1, 0.15) is 5.60 Å². The van der Waals surface area contributed by atoms with Crippen LogP contribution >= 0.6 is 0 Å². The molecule has 5 nitrogen and oxygen atoms in total. The van der Waals surface area contributed by atoms with E-state index in [-0.39, 0.29) is 24.5 Å². The maximum atomic E-state index is 15.2. The standard InChI is InChI=1S/C35H46F5N3O2/c1-32-21-29(24-6-4-23(5-7-24)22-43-18-16-42(17-19-43)15-14-41(2)3)31-27-11-9-26(44)20-25(27)8-10-28(31)30(32)12-13-33(32,45)34(36,37)35(38,39)40/h4-7,20,28-30,45H,8-19,21-22H2,1-3H3/t28-,29+,30-,32-,33-/m0/s1. The topological polar surface area (TPSA) is 47.0 Å². The molecule has 3 fully saturated rings. The summed E-state index contributed by atoms with van der Waals surface area (Å²) in [7, 11) is 4.16. The number of halogens is 5. The van der Waals surface area contributed by atoms with Crippen molar-refractivity contribution in [2.75, 3.05) is 53.4 Å². The van der Waals surface area contributed by atoms with Crippen LogP contribution in [0.4, 0.5) is 22.0 Å². The first-order valence-electron chi connectivity index (χ1n) is 16.5. The summed E-state index contributed by atoms with van der Waals surface area (Å²) in [6.07, 6.45) is -2.48. The van der Waals surface area contributed by atoms with Crippen molar-refractivity contribution in [2.24, 2.45) is 17.3 Å². The normalized spacial score (nSPS) is 33.2. The van der Waals surface area contributed by atoms with Crippen molar-refractivity contribution in [1.82, 2.24) is 14.7 Å². The molecule has 1 heterocycles. The number of hydrogen-bond acceptors (Lipinski definition) is 5. The van der Waals surface area contributed by atoms with Crippen LogP contribution in [0.2, 0.25) is 0 Å². The zero-order valence-corrected chi connectivity index (χ0v) is 26.6. The van der Waals surface area contributed by atoms with Gasteiger partial charge in [0.15, 0.2) is 5.78 Å². The second kappa shape index (κ2) is 11.8. The summed E-state index contributed by atoms with van der Waals surface area (Å²) in [6, 6.07) is 8.11. The van der Waals surface area contributed by atoms with E-state index in [0.717, 1.165) is 73.7 Å². The van der Waals surface area contributed by atoms with Gasteiger partial charge in [0.05, 0.1) is 0 Å². The van der Waals surface area contributed by atoms with Crippen molar-refractivity contribution >= 4 is 5.78 Å². The van der Waals surface area contributed by atoms with Gasteiger partial charge in [-0.2, -0.15) is 22.0 Å². The molecule has 0 amide bonds. The summed E-state index contributed by atoms with van der Waals surface area (Å²) in [5, 5.41) is 11.5. The summed E-state index contributed by atoms with van der Waals surface area (Å²) >= 11 is 0. The van der Waals surface area contributed by atoms with Gasteiger partial charge >= 0.3 is 12.1 Å². The number of hydrogen-bond donors (Lipinski definition) is 1. The van der Waals surface area contributed by atoms with E-state index in [1.807, 2.05) is 12.1 Å². The third-order valence-electron chi connectivity index (χ3n) is 11.9. The molecular weight excluding hydrogens is 589 g/mol. The third-order valence-corrected chi connectivity index (χ3v) is 11.9. The Hall–Kier alpha value is -2.14. The summed E-state index contributed by atoms with van der Waals surface area (Å²) in [5.41, 5.74) is 0.356. The fraction of sp³-hybridized carbons (Fsp3) is 0.686. The number of alkyl halides is 5. The molecule has 248 valence electrons. The van der Waals surface area contributed by atoms with Gasteiger partial charge < -0.3 is 10.0 Å².